The Morgan fingerprint density at radius 3 is 2.72 bits per heavy atom. The Balaban J connectivity index is 1.24. The maximum atomic E-state index is 13.0. The van der Waals surface area contributed by atoms with Crippen LogP contribution in [0.2, 0.25) is 5.02 Å². The van der Waals surface area contributed by atoms with Gasteiger partial charge in [0.25, 0.3) is 0 Å². The number of amides is 1. The minimum atomic E-state index is 0.0481. The number of ether oxygens (including phenoxy) is 2. The summed E-state index contributed by atoms with van der Waals surface area (Å²) in [6, 6.07) is 13.3. The molecule has 0 saturated carbocycles. The Labute approximate surface area is 191 Å². The van der Waals surface area contributed by atoms with Crippen LogP contribution in [-0.2, 0) is 11.2 Å². The van der Waals surface area contributed by atoms with E-state index in [4.69, 9.17) is 25.6 Å². The number of hydrogen-bond donors (Lipinski definition) is 0. The predicted molar refractivity (Wildman–Crippen MR) is 119 cm³/mol. The highest BCUT2D eigenvalue weighted by atomic mass is 35.5. The zero-order chi connectivity index (χ0) is 21.9. The summed E-state index contributed by atoms with van der Waals surface area (Å²) in [6.07, 6.45) is 3.51. The predicted octanol–water partition coefficient (Wildman–Crippen LogP) is 4.85. The summed E-state index contributed by atoms with van der Waals surface area (Å²) in [6.45, 7) is 2.06. The first kappa shape index (κ1) is 20.8. The molecule has 0 radical (unpaired) electrons. The molecule has 0 bridgehead atoms. The fourth-order valence-electron chi connectivity index (χ4n) is 4.23. The maximum Gasteiger partial charge on any atom is 0.227 e. The van der Waals surface area contributed by atoms with E-state index in [1.54, 1.807) is 12.1 Å². The lowest BCUT2D eigenvalue weighted by atomic mass is 10.0. The third kappa shape index (κ3) is 4.43. The fraction of sp³-hybridized carbons (Fsp3) is 0.375. The van der Waals surface area contributed by atoms with Gasteiger partial charge in [-0.1, -0.05) is 22.8 Å². The molecule has 7 nitrogen and oxygen atoms in total. The highest BCUT2D eigenvalue weighted by molar-refractivity contribution is 6.30. The van der Waals surface area contributed by atoms with Crippen molar-refractivity contribution in [2.24, 2.45) is 0 Å². The monoisotopic (exact) mass is 453 g/mol. The molecular weight excluding hydrogens is 430 g/mol. The molecule has 2 aromatic carbocycles. The topological polar surface area (TPSA) is 77.7 Å². The van der Waals surface area contributed by atoms with E-state index < -0.39 is 0 Å². The Bertz CT molecular complexity index is 1100. The van der Waals surface area contributed by atoms with Gasteiger partial charge in [0, 0.05) is 36.4 Å². The molecule has 32 heavy (non-hydrogen) atoms. The van der Waals surface area contributed by atoms with E-state index in [0.29, 0.717) is 42.8 Å². The highest BCUT2D eigenvalue weighted by Crippen LogP contribution is 2.38. The number of aryl methyl sites for hydroxylation is 1. The molecule has 0 aliphatic carbocycles. The smallest absolute Gasteiger partial charge is 0.227 e. The minimum Gasteiger partial charge on any atom is -0.490 e. The van der Waals surface area contributed by atoms with Gasteiger partial charge in [-0.15, -0.1) is 0 Å². The van der Waals surface area contributed by atoms with Crippen LogP contribution >= 0.6 is 11.6 Å². The Hall–Kier alpha value is -3.06. The molecule has 1 aromatic heterocycles. The van der Waals surface area contributed by atoms with Gasteiger partial charge in [-0.05, 0) is 54.8 Å². The number of likely N-dealkylation sites (tertiary alicyclic amines) is 1. The van der Waals surface area contributed by atoms with Gasteiger partial charge in [0.2, 0.25) is 17.6 Å². The molecule has 3 aromatic rings. The first-order chi connectivity index (χ1) is 15.7. The van der Waals surface area contributed by atoms with Crippen LogP contribution in [0.25, 0.3) is 11.4 Å². The molecule has 5 rings (SSSR count). The van der Waals surface area contributed by atoms with E-state index in [2.05, 4.69) is 10.1 Å². The molecule has 1 fully saturated rings. The van der Waals surface area contributed by atoms with Gasteiger partial charge in [-0.2, -0.15) is 4.98 Å². The van der Waals surface area contributed by atoms with Crippen LogP contribution in [0, 0.1) is 0 Å². The summed E-state index contributed by atoms with van der Waals surface area (Å²) >= 11 is 5.93. The zero-order valence-corrected chi connectivity index (χ0v) is 18.4. The van der Waals surface area contributed by atoms with Gasteiger partial charge in [-0.3, -0.25) is 4.79 Å². The second kappa shape index (κ2) is 9.20. The van der Waals surface area contributed by atoms with Gasteiger partial charge in [-0.25, -0.2) is 0 Å². The average Bonchev–Trinajstić information content (AvgIpc) is 3.43. The van der Waals surface area contributed by atoms with Crippen molar-refractivity contribution in [1.82, 2.24) is 15.0 Å². The summed E-state index contributed by atoms with van der Waals surface area (Å²) in [5, 5.41) is 4.67. The summed E-state index contributed by atoms with van der Waals surface area (Å²) < 4.78 is 16.9. The number of benzene rings is 2. The normalized spacial score (nSPS) is 17.9. The number of halogens is 1. The number of rotatable bonds is 5. The van der Waals surface area contributed by atoms with Crippen LogP contribution in [-0.4, -0.2) is 40.7 Å². The molecule has 1 amide bonds. The van der Waals surface area contributed by atoms with E-state index in [1.165, 1.54) is 0 Å². The Morgan fingerprint density at radius 1 is 1.06 bits per heavy atom. The number of carbonyl (C=O) groups is 1. The Morgan fingerprint density at radius 2 is 1.88 bits per heavy atom. The summed E-state index contributed by atoms with van der Waals surface area (Å²) in [4.78, 5) is 19.4. The minimum absolute atomic E-state index is 0.0481. The SMILES string of the molecule is O=C(CCc1nc(-c2ccc(Cl)cc2)no1)N1CCC[C@@H]1c1ccc2c(c1)OCCCO2. The van der Waals surface area contributed by atoms with Gasteiger partial charge in [0.05, 0.1) is 19.3 Å². The largest absolute Gasteiger partial charge is 0.490 e. The molecule has 166 valence electrons. The van der Waals surface area contributed by atoms with Crippen molar-refractivity contribution in [2.45, 2.75) is 38.1 Å². The van der Waals surface area contributed by atoms with Crippen LogP contribution in [0.1, 0.15) is 43.2 Å². The van der Waals surface area contributed by atoms with Gasteiger partial charge in [0.15, 0.2) is 11.5 Å². The third-order valence-corrected chi connectivity index (χ3v) is 6.10. The van der Waals surface area contributed by atoms with E-state index in [0.717, 1.165) is 48.4 Å². The Kier molecular flexibility index (Phi) is 5.99. The summed E-state index contributed by atoms with van der Waals surface area (Å²) in [7, 11) is 0. The molecule has 1 atom stereocenters. The second-order valence-electron chi connectivity index (χ2n) is 8.02. The van der Waals surface area contributed by atoms with Gasteiger partial charge >= 0.3 is 0 Å². The molecule has 0 unspecified atom stereocenters. The van der Waals surface area contributed by atoms with Crippen LogP contribution in [0.15, 0.2) is 47.0 Å². The van der Waals surface area contributed by atoms with Gasteiger partial charge in [0.1, 0.15) is 0 Å². The number of aromatic nitrogens is 2. The van der Waals surface area contributed by atoms with Crippen LogP contribution in [0.4, 0.5) is 0 Å². The van der Waals surface area contributed by atoms with Crippen molar-refractivity contribution < 1.29 is 18.8 Å². The van der Waals surface area contributed by atoms with Crippen molar-refractivity contribution in [3.63, 3.8) is 0 Å². The van der Waals surface area contributed by atoms with Crippen LogP contribution in [0.3, 0.4) is 0 Å². The van der Waals surface area contributed by atoms with Crippen LogP contribution in [0.5, 0.6) is 11.5 Å². The van der Waals surface area contributed by atoms with E-state index in [1.807, 2.05) is 35.2 Å². The van der Waals surface area contributed by atoms with E-state index in [-0.39, 0.29) is 11.9 Å². The van der Waals surface area contributed by atoms with Crippen molar-refractivity contribution >= 4 is 17.5 Å². The van der Waals surface area contributed by atoms with Crippen molar-refractivity contribution in [3.8, 4) is 22.9 Å². The van der Waals surface area contributed by atoms with Gasteiger partial charge < -0.3 is 18.9 Å². The highest BCUT2D eigenvalue weighted by Gasteiger charge is 2.30. The first-order valence-corrected chi connectivity index (χ1v) is 11.3. The fourth-order valence-corrected chi connectivity index (χ4v) is 4.36. The lowest BCUT2D eigenvalue weighted by molar-refractivity contribution is -0.132. The van der Waals surface area contributed by atoms with E-state index in [9.17, 15) is 4.79 Å². The van der Waals surface area contributed by atoms with Crippen molar-refractivity contribution in [3.05, 3.63) is 58.9 Å². The zero-order valence-electron chi connectivity index (χ0n) is 17.6. The van der Waals surface area contributed by atoms with Crippen LogP contribution < -0.4 is 9.47 Å². The maximum absolute atomic E-state index is 13.0. The number of hydrogen-bond acceptors (Lipinski definition) is 6. The molecule has 2 aliphatic heterocycles. The standard InChI is InChI=1S/C24H24ClN3O4/c25-18-7-4-16(5-8-18)24-26-22(32-27-24)10-11-23(29)28-12-1-3-19(28)17-6-9-20-21(15-17)31-14-2-13-30-20/h4-9,15,19H,1-3,10-14H2/t19-/m1/s1. The lowest BCUT2D eigenvalue weighted by Gasteiger charge is -2.25. The second-order valence-corrected chi connectivity index (χ2v) is 8.46. The van der Waals surface area contributed by atoms with Crippen molar-refractivity contribution in [2.75, 3.05) is 19.8 Å². The lowest BCUT2D eigenvalue weighted by Crippen LogP contribution is -2.30. The molecule has 1 saturated heterocycles. The van der Waals surface area contributed by atoms with Crippen molar-refractivity contribution in [1.29, 1.82) is 0 Å². The molecule has 3 heterocycles. The molecule has 0 spiro atoms. The number of fused-ring (bicyclic) bond motifs is 1. The molecule has 8 heteroatoms. The summed E-state index contributed by atoms with van der Waals surface area (Å²) in [5.74, 6) is 2.57. The summed E-state index contributed by atoms with van der Waals surface area (Å²) in [5.41, 5.74) is 1.91. The number of nitrogens with zero attached hydrogens (tertiary/aromatic N) is 3. The molecule has 0 N–H and O–H groups in total. The van der Waals surface area contributed by atoms with E-state index >= 15 is 0 Å². The quantitative estimate of drug-likeness (QED) is 0.549. The molecular formula is C24H24ClN3O4. The molecule has 2 aliphatic rings. The third-order valence-electron chi connectivity index (χ3n) is 5.85. The first-order valence-electron chi connectivity index (χ1n) is 10.9. The average molecular weight is 454 g/mol. The number of carbonyl (C=O) groups excluding carboxylic acids is 1.